The highest BCUT2D eigenvalue weighted by Gasteiger charge is 2.21. The van der Waals surface area contributed by atoms with Crippen molar-refractivity contribution in [3.63, 3.8) is 0 Å². The number of rotatable bonds is 6. The van der Waals surface area contributed by atoms with Crippen LogP contribution in [0.3, 0.4) is 0 Å². The molecule has 1 aliphatic heterocycles. The maximum atomic E-state index is 12.6. The van der Waals surface area contributed by atoms with Gasteiger partial charge >= 0.3 is 0 Å². The van der Waals surface area contributed by atoms with Gasteiger partial charge in [-0.2, -0.15) is 0 Å². The average Bonchev–Trinajstić information content (AvgIpc) is 2.66. The fourth-order valence-electron chi connectivity index (χ4n) is 3.47. The molecule has 0 atom stereocenters. The fraction of sp³-hybridized carbons (Fsp3) is 0.409. The normalized spacial score (nSPS) is 15.0. The molecule has 0 amide bonds. The Morgan fingerprint density at radius 1 is 1.11 bits per heavy atom. The van der Waals surface area contributed by atoms with Gasteiger partial charge in [-0.1, -0.05) is 23.7 Å². The first kappa shape index (κ1) is 19.7. The first-order valence-corrected chi connectivity index (χ1v) is 9.86. The van der Waals surface area contributed by atoms with Crippen LogP contribution in [0.25, 0.3) is 0 Å². The van der Waals surface area contributed by atoms with E-state index in [0.717, 1.165) is 26.2 Å². The van der Waals surface area contributed by atoms with Gasteiger partial charge < -0.3 is 9.64 Å². The van der Waals surface area contributed by atoms with Crippen molar-refractivity contribution in [2.45, 2.75) is 20.8 Å². The van der Waals surface area contributed by atoms with Gasteiger partial charge in [0.25, 0.3) is 0 Å². The minimum atomic E-state index is 0.0973. The highest BCUT2D eigenvalue weighted by Crippen LogP contribution is 2.26. The Morgan fingerprint density at radius 2 is 1.85 bits per heavy atom. The number of anilines is 1. The zero-order valence-electron chi connectivity index (χ0n) is 16.3. The van der Waals surface area contributed by atoms with E-state index in [9.17, 15) is 4.79 Å². The van der Waals surface area contributed by atoms with Crippen LogP contribution in [-0.2, 0) is 0 Å². The molecule has 27 heavy (non-hydrogen) atoms. The third-order valence-corrected chi connectivity index (χ3v) is 5.51. The second-order valence-corrected chi connectivity index (χ2v) is 7.39. The van der Waals surface area contributed by atoms with Crippen molar-refractivity contribution in [3.05, 3.63) is 58.1 Å². The van der Waals surface area contributed by atoms with Gasteiger partial charge in [0, 0.05) is 37.4 Å². The first-order chi connectivity index (χ1) is 13.0. The maximum Gasteiger partial charge on any atom is 0.176 e. The Hall–Kier alpha value is -2.04. The van der Waals surface area contributed by atoms with E-state index in [2.05, 4.69) is 41.8 Å². The lowest BCUT2D eigenvalue weighted by Gasteiger charge is -2.36. The van der Waals surface area contributed by atoms with Crippen LogP contribution in [0.1, 0.15) is 28.4 Å². The van der Waals surface area contributed by atoms with Gasteiger partial charge in [-0.05, 0) is 56.2 Å². The van der Waals surface area contributed by atoms with E-state index < -0.39 is 0 Å². The molecule has 4 nitrogen and oxygen atoms in total. The van der Waals surface area contributed by atoms with E-state index in [1.807, 2.05) is 6.92 Å². The summed E-state index contributed by atoms with van der Waals surface area (Å²) in [6.07, 6.45) is 0. The molecule has 1 fully saturated rings. The molecular weight excluding hydrogens is 360 g/mol. The Labute approximate surface area is 166 Å². The van der Waals surface area contributed by atoms with Crippen LogP contribution in [0.15, 0.2) is 36.4 Å². The van der Waals surface area contributed by atoms with E-state index in [1.165, 1.54) is 16.8 Å². The quantitative estimate of drug-likeness (QED) is 0.690. The maximum absolute atomic E-state index is 12.6. The number of ether oxygens (including phenoxy) is 1. The molecule has 0 bridgehead atoms. The number of piperazine rings is 1. The van der Waals surface area contributed by atoms with Gasteiger partial charge in [0.15, 0.2) is 5.78 Å². The Kier molecular flexibility index (Phi) is 6.40. The summed E-state index contributed by atoms with van der Waals surface area (Å²) in [5.41, 5.74) is 4.60. The smallest absolute Gasteiger partial charge is 0.176 e. The van der Waals surface area contributed by atoms with Crippen LogP contribution in [0.5, 0.6) is 5.75 Å². The molecule has 144 valence electrons. The summed E-state index contributed by atoms with van der Waals surface area (Å²) in [5.74, 6) is 0.720. The molecule has 1 saturated heterocycles. The van der Waals surface area contributed by atoms with E-state index in [0.29, 0.717) is 29.5 Å². The highest BCUT2D eigenvalue weighted by molar-refractivity contribution is 6.32. The predicted molar refractivity (Wildman–Crippen MR) is 112 cm³/mol. The number of carbonyl (C=O) groups is 1. The van der Waals surface area contributed by atoms with E-state index in [4.69, 9.17) is 16.3 Å². The minimum absolute atomic E-state index is 0.0973. The molecule has 0 unspecified atom stereocenters. The second kappa shape index (κ2) is 8.77. The summed E-state index contributed by atoms with van der Waals surface area (Å²) in [6.45, 7) is 10.8. The van der Waals surface area contributed by atoms with Crippen LogP contribution >= 0.6 is 11.6 Å². The second-order valence-electron chi connectivity index (χ2n) is 6.98. The van der Waals surface area contributed by atoms with Gasteiger partial charge in [-0.25, -0.2) is 0 Å². The molecule has 0 aliphatic carbocycles. The van der Waals surface area contributed by atoms with Crippen molar-refractivity contribution in [1.82, 2.24) is 4.90 Å². The molecular formula is C22H27ClN2O2. The highest BCUT2D eigenvalue weighted by atomic mass is 35.5. The predicted octanol–water partition coefficient (Wildman–Crippen LogP) is 4.36. The first-order valence-electron chi connectivity index (χ1n) is 9.48. The monoisotopic (exact) mass is 386 g/mol. The van der Waals surface area contributed by atoms with Crippen LogP contribution in [0.2, 0.25) is 5.02 Å². The largest absolute Gasteiger partial charge is 0.492 e. The van der Waals surface area contributed by atoms with Crippen molar-refractivity contribution >= 4 is 23.1 Å². The summed E-state index contributed by atoms with van der Waals surface area (Å²) in [7, 11) is 0. The van der Waals surface area contributed by atoms with Gasteiger partial charge in [-0.15, -0.1) is 0 Å². The topological polar surface area (TPSA) is 32.8 Å². The Bertz CT molecular complexity index is 814. The lowest BCUT2D eigenvalue weighted by molar-refractivity contribution is 0.0926. The van der Waals surface area contributed by atoms with Crippen LogP contribution in [-0.4, -0.2) is 50.0 Å². The molecule has 2 aromatic carbocycles. The van der Waals surface area contributed by atoms with Crippen molar-refractivity contribution in [3.8, 4) is 5.75 Å². The molecule has 1 heterocycles. The molecule has 0 aromatic heterocycles. The zero-order chi connectivity index (χ0) is 19.4. The van der Waals surface area contributed by atoms with E-state index in [1.54, 1.807) is 18.2 Å². The van der Waals surface area contributed by atoms with Crippen molar-refractivity contribution in [1.29, 1.82) is 0 Å². The SMILES string of the molecule is CCOc1ccc(C(=O)CN2CCN(c3cccc(C)c3C)CC2)cc1Cl. The summed E-state index contributed by atoms with van der Waals surface area (Å²) >= 11 is 6.21. The van der Waals surface area contributed by atoms with Crippen LogP contribution in [0, 0.1) is 13.8 Å². The van der Waals surface area contributed by atoms with Gasteiger partial charge in [-0.3, -0.25) is 9.69 Å². The van der Waals surface area contributed by atoms with Crippen LogP contribution < -0.4 is 9.64 Å². The van der Waals surface area contributed by atoms with Gasteiger partial charge in [0.2, 0.25) is 0 Å². The number of hydrogen-bond acceptors (Lipinski definition) is 4. The van der Waals surface area contributed by atoms with E-state index in [-0.39, 0.29) is 5.78 Å². The van der Waals surface area contributed by atoms with Crippen molar-refractivity contribution in [2.24, 2.45) is 0 Å². The molecule has 0 N–H and O–H groups in total. The lowest BCUT2D eigenvalue weighted by Crippen LogP contribution is -2.48. The third-order valence-electron chi connectivity index (χ3n) is 5.21. The molecule has 0 saturated carbocycles. The fourth-order valence-corrected chi connectivity index (χ4v) is 3.70. The number of carbonyl (C=O) groups excluding carboxylic acids is 1. The summed E-state index contributed by atoms with van der Waals surface area (Å²) in [6, 6.07) is 11.7. The number of benzene rings is 2. The zero-order valence-corrected chi connectivity index (χ0v) is 17.1. The number of ketones is 1. The standard InChI is InChI=1S/C22H27ClN2O2/c1-4-27-22-9-8-18(14-19(22)23)21(26)15-24-10-12-25(13-11-24)20-7-5-6-16(2)17(20)3/h5-9,14H,4,10-13,15H2,1-3H3. The molecule has 0 radical (unpaired) electrons. The summed E-state index contributed by atoms with van der Waals surface area (Å²) in [4.78, 5) is 17.3. The van der Waals surface area contributed by atoms with Crippen LogP contribution in [0.4, 0.5) is 5.69 Å². The Balaban J connectivity index is 1.58. The molecule has 5 heteroatoms. The van der Waals surface area contributed by atoms with Gasteiger partial charge in [0.1, 0.15) is 5.75 Å². The summed E-state index contributed by atoms with van der Waals surface area (Å²) in [5, 5.41) is 0.488. The third kappa shape index (κ3) is 4.63. The molecule has 0 spiro atoms. The lowest BCUT2D eigenvalue weighted by atomic mass is 10.1. The number of aryl methyl sites for hydroxylation is 1. The minimum Gasteiger partial charge on any atom is -0.492 e. The number of Topliss-reactive ketones (excluding diaryl/α,β-unsaturated/α-hetero) is 1. The average molecular weight is 387 g/mol. The molecule has 2 aromatic rings. The number of hydrogen-bond donors (Lipinski definition) is 0. The van der Waals surface area contributed by atoms with Crippen molar-refractivity contribution < 1.29 is 9.53 Å². The van der Waals surface area contributed by atoms with Crippen molar-refractivity contribution in [2.75, 3.05) is 44.2 Å². The number of halogens is 1. The molecule has 1 aliphatic rings. The van der Waals surface area contributed by atoms with Gasteiger partial charge in [0.05, 0.1) is 18.2 Å². The summed E-state index contributed by atoms with van der Waals surface area (Å²) < 4.78 is 5.43. The number of nitrogens with zero attached hydrogens (tertiary/aromatic N) is 2. The molecule has 3 rings (SSSR count). The van der Waals surface area contributed by atoms with E-state index >= 15 is 0 Å². The Morgan fingerprint density at radius 3 is 2.52 bits per heavy atom.